The van der Waals surface area contributed by atoms with Crippen LogP contribution in [0.1, 0.15) is 18.4 Å². The number of carbonyl (C=O) groups excluding carboxylic acids is 1. The van der Waals surface area contributed by atoms with Crippen LogP contribution in [0.25, 0.3) is 6.08 Å². The smallest absolute Gasteiger partial charge is 0.284 e. The third-order valence-electron chi connectivity index (χ3n) is 3.22. The summed E-state index contributed by atoms with van der Waals surface area (Å²) in [7, 11) is 0. The van der Waals surface area contributed by atoms with Crippen LogP contribution >= 0.6 is 15.9 Å². The minimum Gasteiger partial charge on any atom is -0.338 e. The van der Waals surface area contributed by atoms with E-state index in [0.717, 1.165) is 12.8 Å². The van der Waals surface area contributed by atoms with Crippen molar-refractivity contribution in [3.8, 4) is 6.07 Å². The molecule has 108 valence electrons. The van der Waals surface area contributed by atoms with Crippen LogP contribution in [-0.2, 0) is 4.79 Å². The molecule has 0 saturated carbocycles. The highest BCUT2D eigenvalue weighted by Crippen LogP contribution is 2.26. The minimum absolute atomic E-state index is 0.00600. The Morgan fingerprint density at radius 3 is 2.67 bits per heavy atom. The van der Waals surface area contributed by atoms with Crippen molar-refractivity contribution in [3.63, 3.8) is 0 Å². The molecule has 1 heterocycles. The van der Waals surface area contributed by atoms with Crippen molar-refractivity contribution in [2.24, 2.45) is 0 Å². The number of amides is 1. The molecule has 0 radical (unpaired) electrons. The van der Waals surface area contributed by atoms with Gasteiger partial charge in [-0.2, -0.15) is 5.26 Å². The van der Waals surface area contributed by atoms with Crippen molar-refractivity contribution in [2.75, 3.05) is 13.1 Å². The third kappa shape index (κ3) is 3.47. The Bertz CT molecular complexity index is 658. The number of rotatable bonds is 3. The zero-order valence-electron chi connectivity index (χ0n) is 11.1. The molecular weight excluding hydrogens is 338 g/mol. The zero-order valence-corrected chi connectivity index (χ0v) is 12.7. The number of hydrogen-bond acceptors (Lipinski definition) is 4. The van der Waals surface area contributed by atoms with Gasteiger partial charge in [0, 0.05) is 19.2 Å². The number of nitro benzene ring substituents is 1. The van der Waals surface area contributed by atoms with Crippen LogP contribution in [0.2, 0.25) is 0 Å². The molecule has 21 heavy (non-hydrogen) atoms. The van der Waals surface area contributed by atoms with Gasteiger partial charge in [-0.25, -0.2) is 0 Å². The molecule has 1 fully saturated rings. The fourth-order valence-corrected chi connectivity index (χ4v) is 2.55. The van der Waals surface area contributed by atoms with E-state index in [2.05, 4.69) is 15.9 Å². The average Bonchev–Trinajstić information content (AvgIpc) is 2.99. The third-order valence-corrected chi connectivity index (χ3v) is 3.89. The number of benzene rings is 1. The monoisotopic (exact) mass is 349 g/mol. The highest BCUT2D eigenvalue weighted by Gasteiger charge is 2.21. The number of likely N-dealkylation sites (tertiary alicyclic amines) is 1. The summed E-state index contributed by atoms with van der Waals surface area (Å²) >= 11 is 3.09. The number of halogens is 1. The van der Waals surface area contributed by atoms with Crippen LogP contribution in [0.15, 0.2) is 28.2 Å². The largest absolute Gasteiger partial charge is 0.338 e. The highest BCUT2D eigenvalue weighted by atomic mass is 79.9. The van der Waals surface area contributed by atoms with Crippen LogP contribution in [-0.4, -0.2) is 28.8 Å². The van der Waals surface area contributed by atoms with Gasteiger partial charge in [-0.1, -0.05) is 6.07 Å². The molecule has 0 aromatic heterocycles. The van der Waals surface area contributed by atoms with E-state index in [1.165, 1.54) is 18.2 Å². The molecule has 1 aliphatic rings. The van der Waals surface area contributed by atoms with Gasteiger partial charge in [0.2, 0.25) is 0 Å². The second-order valence-electron chi connectivity index (χ2n) is 4.64. The van der Waals surface area contributed by atoms with Gasteiger partial charge in [0.05, 0.1) is 9.40 Å². The van der Waals surface area contributed by atoms with Crippen LogP contribution in [0.4, 0.5) is 5.69 Å². The molecule has 1 aromatic carbocycles. The molecule has 0 aliphatic carbocycles. The van der Waals surface area contributed by atoms with E-state index in [1.54, 1.807) is 11.0 Å². The molecular formula is C14H12BrN3O3. The molecule has 2 rings (SSSR count). The number of hydrogen-bond donors (Lipinski definition) is 0. The molecule has 1 amide bonds. The first kappa shape index (κ1) is 15.2. The topological polar surface area (TPSA) is 87.2 Å². The molecule has 0 bridgehead atoms. The van der Waals surface area contributed by atoms with Crippen LogP contribution < -0.4 is 0 Å². The predicted octanol–water partition coefficient (Wildman–Crippen LogP) is 2.89. The lowest BCUT2D eigenvalue weighted by molar-refractivity contribution is -0.385. The lowest BCUT2D eigenvalue weighted by Gasteiger charge is -2.14. The first-order chi connectivity index (χ1) is 10.0. The normalized spacial score (nSPS) is 14.9. The molecule has 7 heteroatoms. The lowest BCUT2D eigenvalue weighted by Crippen LogP contribution is -2.28. The fraction of sp³-hybridized carbons (Fsp3) is 0.286. The molecule has 1 saturated heterocycles. The quantitative estimate of drug-likeness (QED) is 0.363. The first-order valence-electron chi connectivity index (χ1n) is 6.38. The van der Waals surface area contributed by atoms with E-state index in [9.17, 15) is 14.9 Å². The summed E-state index contributed by atoms with van der Waals surface area (Å²) in [5.74, 6) is -0.319. The summed E-state index contributed by atoms with van der Waals surface area (Å²) in [6, 6.07) is 6.35. The molecule has 0 spiro atoms. The van der Waals surface area contributed by atoms with Gasteiger partial charge in [0.25, 0.3) is 11.6 Å². The summed E-state index contributed by atoms with van der Waals surface area (Å²) in [5, 5.41) is 20.0. The van der Waals surface area contributed by atoms with E-state index in [1.807, 2.05) is 6.07 Å². The Morgan fingerprint density at radius 2 is 2.10 bits per heavy atom. The van der Waals surface area contributed by atoms with Gasteiger partial charge < -0.3 is 4.90 Å². The van der Waals surface area contributed by atoms with Gasteiger partial charge in [0.15, 0.2) is 0 Å². The van der Waals surface area contributed by atoms with Gasteiger partial charge in [-0.05, 0) is 46.5 Å². The molecule has 6 nitrogen and oxygen atoms in total. The molecule has 1 aromatic rings. The van der Waals surface area contributed by atoms with E-state index >= 15 is 0 Å². The Balaban J connectivity index is 2.32. The maximum atomic E-state index is 12.2. The average molecular weight is 350 g/mol. The van der Waals surface area contributed by atoms with E-state index < -0.39 is 4.92 Å². The maximum absolute atomic E-state index is 12.2. The van der Waals surface area contributed by atoms with Gasteiger partial charge in [-0.15, -0.1) is 0 Å². The minimum atomic E-state index is -0.518. The number of nitrogens with zero attached hydrogens (tertiary/aromatic N) is 3. The summed E-state index contributed by atoms with van der Waals surface area (Å²) in [4.78, 5) is 24.2. The van der Waals surface area contributed by atoms with Gasteiger partial charge >= 0.3 is 0 Å². The van der Waals surface area contributed by atoms with Crippen molar-refractivity contribution in [1.82, 2.24) is 4.90 Å². The van der Waals surface area contributed by atoms with Crippen molar-refractivity contribution >= 4 is 33.6 Å². The number of nitro groups is 1. The first-order valence-corrected chi connectivity index (χ1v) is 7.17. The Labute approximate surface area is 129 Å². The lowest BCUT2D eigenvalue weighted by atomic mass is 10.1. The number of nitriles is 1. The standard InChI is InChI=1S/C14H12BrN3O3/c15-12-4-3-10(8-13(12)18(20)21)7-11(9-16)14(19)17-5-1-2-6-17/h3-4,7-8H,1-2,5-6H2/b11-7+. The Hall–Kier alpha value is -2.20. The highest BCUT2D eigenvalue weighted by molar-refractivity contribution is 9.10. The summed E-state index contributed by atoms with van der Waals surface area (Å²) < 4.78 is 0.356. The maximum Gasteiger partial charge on any atom is 0.284 e. The second kappa shape index (κ2) is 6.50. The second-order valence-corrected chi connectivity index (χ2v) is 5.49. The molecule has 1 aliphatic heterocycles. The van der Waals surface area contributed by atoms with E-state index in [4.69, 9.17) is 5.26 Å². The van der Waals surface area contributed by atoms with Gasteiger partial charge in [-0.3, -0.25) is 14.9 Å². The summed E-state index contributed by atoms with van der Waals surface area (Å²) in [6.45, 7) is 1.30. The Morgan fingerprint density at radius 1 is 1.43 bits per heavy atom. The Kier molecular flexibility index (Phi) is 4.70. The summed E-state index contributed by atoms with van der Waals surface area (Å²) in [5.41, 5.74) is 0.345. The molecule has 0 N–H and O–H groups in total. The van der Waals surface area contributed by atoms with E-state index in [0.29, 0.717) is 23.1 Å². The SMILES string of the molecule is N#C/C(=C\c1ccc(Br)c([N+](=O)[O-])c1)C(=O)N1CCCC1. The van der Waals surface area contributed by atoms with Crippen molar-refractivity contribution in [2.45, 2.75) is 12.8 Å². The van der Waals surface area contributed by atoms with Crippen LogP contribution in [0, 0.1) is 21.4 Å². The van der Waals surface area contributed by atoms with Gasteiger partial charge in [0.1, 0.15) is 11.6 Å². The zero-order chi connectivity index (χ0) is 15.4. The van der Waals surface area contributed by atoms with Crippen molar-refractivity contribution < 1.29 is 9.72 Å². The molecule has 0 unspecified atom stereocenters. The van der Waals surface area contributed by atoms with Crippen molar-refractivity contribution in [1.29, 1.82) is 5.26 Å². The number of carbonyl (C=O) groups is 1. The van der Waals surface area contributed by atoms with Crippen molar-refractivity contribution in [3.05, 3.63) is 43.9 Å². The molecule has 0 atom stereocenters. The van der Waals surface area contributed by atoms with Crippen LogP contribution in [0.5, 0.6) is 0 Å². The summed E-state index contributed by atoms with van der Waals surface area (Å²) in [6.07, 6.45) is 3.27. The van der Waals surface area contributed by atoms with E-state index in [-0.39, 0.29) is 17.2 Å². The predicted molar refractivity (Wildman–Crippen MR) is 80.2 cm³/mol. The fourth-order valence-electron chi connectivity index (χ4n) is 2.16. The van der Waals surface area contributed by atoms with Crippen LogP contribution in [0.3, 0.4) is 0 Å².